The molecule has 0 bridgehead atoms. The van der Waals surface area contributed by atoms with Gasteiger partial charge < -0.3 is 10.1 Å². The second-order valence-corrected chi connectivity index (χ2v) is 6.91. The lowest BCUT2D eigenvalue weighted by atomic mass is 9.81. The van der Waals surface area contributed by atoms with Crippen molar-refractivity contribution < 1.29 is 9.31 Å². The maximum Gasteiger partial charge on any atom is 0.209 e. The largest absolute Gasteiger partial charge is 0.496 e. The summed E-state index contributed by atoms with van der Waals surface area (Å²) in [5.74, 6) is 0.881. The van der Waals surface area contributed by atoms with E-state index in [-0.39, 0.29) is 5.41 Å². The summed E-state index contributed by atoms with van der Waals surface area (Å²) >= 11 is 0. The average Bonchev–Trinajstić information content (AvgIpc) is 2.81. The Morgan fingerprint density at radius 1 is 1.12 bits per heavy atom. The van der Waals surface area contributed by atoms with Gasteiger partial charge in [0, 0.05) is 41.6 Å². The third-order valence-electron chi connectivity index (χ3n) is 4.98. The summed E-state index contributed by atoms with van der Waals surface area (Å²) in [6.45, 7) is 7.54. The van der Waals surface area contributed by atoms with Crippen molar-refractivity contribution in [1.82, 2.24) is 0 Å². The van der Waals surface area contributed by atoms with Crippen LogP contribution in [0.2, 0.25) is 0 Å². The molecule has 0 fully saturated rings. The van der Waals surface area contributed by atoms with Gasteiger partial charge in [-0.1, -0.05) is 18.2 Å². The molecule has 3 heteroatoms. The lowest BCUT2D eigenvalue weighted by molar-refractivity contribution is -0.401. The van der Waals surface area contributed by atoms with Crippen molar-refractivity contribution in [3.8, 4) is 5.75 Å². The second kappa shape index (κ2) is 6.75. The van der Waals surface area contributed by atoms with Crippen LogP contribution in [0.3, 0.4) is 0 Å². The first-order valence-electron chi connectivity index (χ1n) is 8.79. The van der Waals surface area contributed by atoms with Gasteiger partial charge in [0.05, 0.1) is 12.5 Å². The van der Waals surface area contributed by atoms with E-state index in [1.165, 1.54) is 17.0 Å². The van der Waals surface area contributed by atoms with Gasteiger partial charge in [0.25, 0.3) is 0 Å². The molecule has 0 spiro atoms. The van der Waals surface area contributed by atoms with E-state index in [0.29, 0.717) is 0 Å². The highest BCUT2D eigenvalue weighted by Crippen LogP contribution is 2.39. The summed E-state index contributed by atoms with van der Waals surface area (Å²) < 4.78 is 7.86. The minimum Gasteiger partial charge on any atom is -0.496 e. The Kier molecular flexibility index (Phi) is 4.67. The van der Waals surface area contributed by atoms with Gasteiger partial charge in [-0.05, 0) is 39.0 Å². The van der Waals surface area contributed by atoms with Crippen LogP contribution in [0.15, 0.2) is 48.5 Å². The van der Waals surface area contributed by atoms with Crippen LogP contribution in [0.4, 0.5) is 11.4 Å². The fourth-order valence-electron chi connectivity index (χ4n) is 3.63. The normalized spacial score (nSPS) is 15.6. The topological polar surface area (TPSA) is 24.3 Å². The van der Waals surface area contributed by atoms with Gasteiger partial charge in [-0.3, -0.25) is 0 Å². The lowest BCUT2D eigenvalue weighted by Crippen LogP contribution is -2.26. The van der Waals surface area contributed by atoms with Crippen molar-refractivity contribution in [1.29, 1.82) is 0 Å². The Morgan fingerprint density at radius 2 is 1.88 bits per heavy atom. The number of methoxy groups -OCH3 is 1. The minimum atomic E-state index is -0.0151. The van der Waals surface area contributed by atoms with Crippen LogP contribution in [0.5, 0.6) is 5.75 Å². The third kappa shape index (κ3) is 3.07. The molecule has 2 aromatic carbocycles. The maximum absolute atomic E-state index is 5.57. The molecule has 1 aliphatic rings. The van der Waals surface area contributed by atoms with Gasteiger partial charge in [0.1, 0.15) is 12.8 Å². The summed E-state index contributed by atoms with van der Waals surface area (Å²) in [4.78, 5) is 0. The van der Waals surface area contributed by atoms with Crippen LogP contribution in [-0.2, 0) is 5.41 Å². The van der Waals surface area contributed by atoms with Crippen LogP contribution < -0.4 is 10.1 Å². The second-order valence-electron chi connectivity index (χ2n) is 6.91. The predicted octanol–water partition coefficient (Wildman–Crippen LogP) is 4.85. The van der Waals surface area contributed by atoms with Gasteiger partial charge in [-0.25, -0.2) is 0 Å². The number of allylic oxidation sites excluding steroid dienone is 1. The maximum atomic E-state index is 5.57. The average molecular weight is 335 g/mol. The number of para-hydroxylation sites is 1. The highest BCUT2D eigenvalue weighted by molar-refractivity contribution is 6.05. The SMILES string of the molecule is CCNc1ccc(/C=C/C2=[N+](C)c3ccccc3C2(C)C)c(OC)c1. The Hall–Kier alpha value is -2.55. The number of ether oxygens (including phenoxy) is 1. The quantitative estimate of drug-likeness (QED) is 0.790. The fraction of sp³-hybridized carbons (Fsp3) is 0.318. The fourth-order valence-corrected chi connectivity index (χ4v) is 3.63. The molecular weight excluding hydrogens is 308 g/mol. The predicted molar refractivity (Wildman–Crippen MR) is 107 cm³/mol. The molecule has 0 aromatic heterocycles. The highest BCUT2D eigenvalue weighted by atomic mass is 16.5. The first kappa shape index (κ1) is 17.3. The van der Waals surface area contributed by atoms with Gasteiger partial charge in [0.2, 0.25) is 5.69 Å². The van der Waals surface area contributed by atoms with Gasteiger partial charge in [0.15, 0.2) is 5.71 Å². The molecule has 0 aliphatic carbocycles. The summed E-state index contributed by atoms with van der Waals surface area (Å²) in [6, 6.07) is 14.9. The van der Waals surface area contributed by atoms with Crippen LogP contribution in [0, 0.1) is 0 Å². The summed E-state index contributed by atoms with van der Waals surface area (Å²) in [6.07, 6.45) is 4.36. The number of anilines is 1. The number of rotatable bonds is 5. The van der Waals surface area contributed by atoms with Crippen molar-refractivity contribution in [3.63, 3.8) is 0 Å². The zero-order chi connectivity index (χ0) is 18.0. The molecule has 0 saturated carbocycles. The third-order valence-corrected chi connectivity index (χ3v) is 4.98. The number of benzene rings is 2. The van der Waals surface area contributed by atoms with Crippen molar-refractivity contribution in [2.24, 2.45) is 0 Å². The summed E-state index contributed by atoms with van der Waals surface area (Å²) in [5, 5.41) is 3.32. The van der Waals surface area contributed by atoms with Gasteiger partial charge in [-0.15, -0.1) is 0 Å². The first-order valence-corrected chi connectivity index (χ1v) is 8.79. The Balaban J connectivity index is 1.97. The molecule has 0 amide bonds. The van der Waals surface area contributed by atoms with Gasteiger partial charge >= 0.3 is 0 Å². The molecule has 0 atom stereocenters. The molecule has 1 aliphatic heterocycles. The standard InChI is InChI=1S/C22H26N2O/c1-6-23-17-13-11-16(20(15-17)25-5)12-14-21-22(2,3)18-9-7-8-10-19(18)24(21)4/h7-15H,6H2,1-5H3/p+1. The Bertz CT molecular complexity index is 847. The first-order chi connectivity index (χ1) is 12.0. The number of fused-ring (bicyclic) bond motifs is 1. The highest BCUT2D eigenvalue weighted by Gasteiger charge is 2.42. The minimum absolute atomic E-state index is 0.0151. The Morgan fingerprint density at radius 3 is 2.56 bits per heavy atom. The molecule has 25 heavy (non-hydrogen) atoms. The molecule has 2 aromatic rings. The van der Waals surface area contributed by atoms with Crippen LogP contribution >= 0.6 is 0 Å². The molecule has 0 radical (unpaired) electrons. The summed E-state index contributed by atoms with van der Waals surface area (Å²) in [7, 11) is 3.86. The molecule has 1 N–H and O–H groups in total. The van der Waals surface area contributed by atoms with E-state index in [1.54, 1.807) is 7.11 Å². The van der Waals surface area contributed by atoms with Crippen LogP contribution in [-0.4, -0.2) is 31.0 Å². The summed E-state index contributed by atoms with van der Waals surface area (Å²) in [5.41, 5.74) is 6.07. The molecule has 3 nitrogen and oxygen atoms in total. The number of nitrogens with zero attached hydrogens (tertiary/aromatic N) is 1. The molecular formula is C22H27N2O+. The van der Waals surface area contributed by atoms with E-state index in [4.69, 9.17) is 4.74 Å². The smallest absolute Gasteiger partial charge is 0.209 e. The number of hydrogen-bond donors (Lipinski definition) is 1. The van der Waals surface area contributed by atoms with E-state index in [0.717, 1.165) is 23.5 Å². The molecule has 130 valence electrons. The number of nitrogens with one attached hydrogen (secondary N) is 1. The zero-order valence-corrected chi connectivity index (χ0v) is 15.8. The van der Waals surface area contributed by atoms with E-state index in [9.17, 15) is 0 Å². The van der Waals surface area contributed by atoms with E-state index in [1.807, 2.05) is 6.07 Å². The zero-order valence-electron chi connectivity index (χ0n) is 15.8. The molecule has 0 unspecified atom stereocenters. The number of hydrogen-bond acceptors (Lipinski definition) is 2. The van der Waals surface area contributed by atoms with E-state index in [2.05, 4.69) is 86.3 Å². The molecule has 3 rings (SSSR count). The Labute approximate surface area is 150 Å². The van der Waals surface area contributed by atoms with Gasteiger partial charge in [-0.2, -0.15) is 4.58 Å². The van der Waals surface area contributed by atoms with E-state index >= 15 is 0 Å². The van der Waals surface area contributed by atoms with Crippen LogP contribution in [0.25, 0.3) is 6.08 Å². The van der Waals surface area contributed by atoms with Crippen molar-refractivity contribution in [2.45, 2.75) is 26.2 Å². The lowest BCUT2D eigenvalue weighted by Gasteiger charge is -2.15. The van der Waals surface area contributed by atoms with Crippen molar-refractivity contribution >= 4 is 23.2 Å². The van der Waals surface area contributed by atoms with E-state index < -0.39 is 0 Å². The van der Waals surface area contributed by atoms with Crippen LogP contribution in [0.1, 0.15) is 31.9 Å². The van der Waals surface area contributed by atoms with Crippen molar-refractivity contribution in [2.75, 3.05) is 26.0 Å². The molecule has 1 heterocycles. The molecule has 0 saturated heterocycles. The van der Waals surface area contributed by atoms with Crippen molar-refractivity contribution in [3.05, 3.63) is 59.7 Å². The monoisotopic (exact) mass is 335 g/mol.